The van der Waals surface area contributed by atoms with Crippen molar-refractivity contribution >= 4 is 22.5 Å². The fourth-order valence-electron chi connectivity index (χ4n) is 2.19. The summed E-state index contributed by atoms with van der Waals surface area (Å²) < 4.78 is 0. The normalized spacial score (nSPS) is 13.0. The maximum atomic E-state index is 6.15. The van der Waals surface area contributed by atoms with Crippen LogP contribution < -0.4 is 5.73 Å². The molecule has 0 bridgehead atoms. The van der Waals surface area contributed by atoms with E-state index in [2.05, 4.69) is 18.0 Å². The predicted octanol–water partition coefficient (Wildman–Crippen LogP) is 3.39. The number of benzene rings is 1. The van der Waals surface area contributed by atoms with Crippen molar-refractivity contribution in [1.29, 1.82) is 0 Å². The van der Waals surface area contributed by atoms with Gasteiger partial charge in [0.15, 0.2) is 0 Å². The largest absolute Gasteiger partial charge is 0.328 e. The summed E-state index contributed by atoms with van der Waals surface area (Å²) >= 11 is 6.15. The van der Waals surface area contributed by atoms with Crippen LogP contribution in [0.1, 0.15) is 23.7 Å². The fourth-order valence-corrected chi connectivity index (χ4v) is 2.43. The highest BCUT2D eigenvalue weighted by molar-refractivity contribution is 6.31. The molecule has 1 aromatic heterocycles. The van der Waals surface area contributed by atoms with E-state index >= 15 is 0 Å². The first-order valence-electron chi connectivity index (χ1n) is 5.79. The van der Waals surface area contributed by atoms with Crippen molar-refractivity contribution < 1.29 is 0 Å². The second-order valence-electron chi connectivity index (χ2n) is 4.72. The number of fused-ring (bicyclic) bond motifs is 1. The molecule has 3 heteroatoms. The van der Waals surface area contributed by atoms with Crippen LogP contribution in [-0.4, -0.2) is 11.0 Å². The van der Waals surface area contributed by atoms with Gasteiger partial charge in [0.25, 0.3) is 0 Å². The molecule has 0 fully saturated rings. The molecule has 17 heavy (non-hydrogen) atoms. The molecule has 1 heterocycles. The third kappa shape index (κ3) is 2.59. The molecule has 0 aliphatic carbocycles. The summed E-state index contributed by atoms with van der Waals surface area (Å²) in [6.07, 6.45) is 0.799. The summed E-state index contributed by atoms with van der Waals surface area (Å²) in [7, 11) is 0. The molecule has 2 aromatic rings. The number of hydrogen-bond acceptors (Lipinski definition) is 2. The van der Waals surface area contributed by atoms with Crippen LogP contribution in [0.3, 0.4) is 0 Å². The average Bonchev–Trinajstić information content (AvgIpc) is 2.19. The van der Waals surface area contributed by atoms with E-state index in [1.54, 1.807) is 0 Å². The van der Waals surface area contributed by atoms with Crippen LogP contribution in [0, 0.1) is 13.8 Å². The SMILES string of the molecule is Cc1cc(C)c2cc(Cl)cc(CC(C)N)c2n1. The summed E-state index contributed by atoms with van der Waals surface area (Å²) in [6, 6.07) is 6.14. The average molecular weight is 249 g/mol. The van der Waals surface area contributed by atoms with Crippen molar-refractivity contribution in [3.05, 3.63) is 40.0 Å². The van der Waals surface area contributed by atoms with Crippen molar-refractivity contribution in [3.8, 4) is 0 Å². The number of pyridine rings is 1. The molecule has 0 radical (unpaired) electrons. The van der Waals surface area contributed by atoms with E-state index in [0.717, 1.165) is 33.6 Å². The van der Waals surface area contributed by atoms with Gasteiger partial charge in [-0.1, -0.05) is 11.6 Å². The Morgan fingerprint density at radius 2 is 2.00 bits per heavy atom. The standard InChI is InChI=1S/C14H17ClN2/c1-8-4-10(3)17-14-11(5-9(2)16)6-12(15)7-13(8)14/h4,6-7,9H,5,16H2,1-3H3. The maximum Gasteiger partial charge on any atom is 0.0741 e. The molecule has 2 N–H and O–H groups in total. The molecule has 0 aliphatic rings. The minimum atomic E-state index is 0.110. The van der Waals surface area contributed by atoms with Gasteiger partial charge in [-0.15, -0.1) is 0 Å². The van der Waals surface area contributed by atoms with Gasteiger partial charge in [0, 0.05) is 22.1 Å². The number of halogens is 1. The van der Waals surface area contributed by atoms with Crippen molar-refractivity contribution in [2.45, 2.75) is 33.2 Å². The van der Waals surface area contributed by atoms with E-state index in [0.29, 0.717) is 0 Å². The lowest BCUT2D eigenvalue weighted by atomic mass is 10.0. The molecule has 0 spiro atoms. The van der Waals surface area contributed by atoms with Crippen molar-refractivity contribution in [2.75, 3.05) is 0 Å². The molecule has 2 rings (SSSR count). The van der Waals surface area contributed by atoms with Crippen molar-refractivity contribution in [1.82, 2.24) is 4.98 Å². The van der Waals surface area contributed by atoms with Crippen LogP contribution in [0.4, 0.5) is 0 Å². The van der Waals surface area contributed by atoms with E-state index in [1.807, 2.05) is 26.0 Å². The zero-order chi connectivity index (χ0) is 12.6. The van der Waals surface area contributed by atoms with Crippen LogP contribution in [0.2, 0.25) is 5.02 Å². The molecular weight excluding hydrogens is 232 g/mol. The van der Waals surface area contributed by atoms with Crippen LogP contribution >= 0.6 is 11.6 Å². The summed E-state index contributed by atoms with van der Waals surface area (Å²) in [5.41, 5.74) is 10.3. The van der Waals surface area contributed by atoms with E-state index < -0.39 is 0 Å². The van der Waals surface area contributed by atoms with E-state index in [-0.39, 0.29) is 6.04 Å². The topological polar surface area (TPSA) is 38.9 Å². The lowest BCUT2D eigenvalue weighted by Crippen LogP contribution is -2.18. The number of hydrogen-bond donors (Lipinski definition) is 1. The predicted molar refractivity (Wildman–Crippen MR) is 73.6 cm³/mol. The first-order valence-corrected chi connectivity index (χ1v) is 6.17. The summed E-state index contributed by atoms with van der Waals surface area (Å²) in [5, 5.41) is 1.88. The Kier molecular flexibility index (Phi) is 3.36. The third-order valence-electron chi connectivity index (χ3n) is 2.83. The number of rotatable bonds is 2. The molecular formula is C14H17ClN2. The van der Waals surface area contributed by atoms with Gasteiger partial charge < -0.3 is 5.73 Å². The molecule has 0 saturated heterocycles. The van der Waals surface area contributed by atoms with E-state index in [1.165, 1.54) is 5.56 Å². The first-order chi connectivity index (χ1) is 7.97. The van der Waals surface area contributed by atoms with Gasteiger partial charge >= 0.3 is 0 Å². The molecule has 0 saturated carbocycles. The van der Waals surface area contributed by atoms with Crippen LogP contribution in [0.5, 0.6) is 0 Å². The summed E-state index contributed by atoms with van der Waals surface area (Å²) in [6.45, 7) is 6.09. The van der Waals surface area contributed by atoms with Gasteiger partial charge in [-0.3, -0.25) is 4.98 Å². The minimum absolute atomic E-state index is 0.110. The van der Waals surface area contributed by atoms with Crippen LogP contribution in [0.25, 0.3) is 10.9 Å². The first kappa shape index (κ1) is 12.3. The Balaban J connectivity index is 2.73. The Labute approximate surface area is 107 Å². The zero-order valence-electron chi connectivity index (χ0n) is 10.4. The highest BCUT2D eigenvalue weighted by atomic mass is 35.5. The second-order valence-corrected chi connectivity index (χ2v) is 5.16. The smallest absolute Gasteiger partial charge is 0.0741 e. The van der Waals surface area contributed by atoms with Gasteiger partial charge in [0.1, 0.15) is 0 Å². The Morgan fingerprint density at radius 3 is 2.65 bits per heavy atom. The monoisotopic (exact) mass is 248 g/mol. The molecule has 90 valence electrons. The van der Waals surface area contributed by atoms with Gasteiger partial charge in [0.2, 0.25) is 0 Å². The number of nitrogens with two attached hydrogens (primary N) is 1. The Bertz CT molecular complexity index is 562. The number of nitrogens with zero attached hydrogens (tertiary/aromatic N) is 1. The van der Waals surface area contributed by atoms with Crippen molar-refractivity contribution in [3.63, 3.8) is 0 Å². The van der Waals surface area contributed by atoms with Crippen LogP contribution in [-0.2, 0) is 6.42 Å². The highest BCUT2D eigenvalue weighted by Crippen LogP contribution is 2.26. The lowest BCUT2D eigenvalue weighted by molar-refractivity contribution is 0.740. The molecule has 0 aliphatic heterocycles. The molecule has 1 unspecified atom stereocenters. The number of aryl methyl sites for hydroxylation is 2. The highest BCUT2D eigenvalue weighted by Gasteiger charge is 2.09. The van der Waals surface area contributed by atoms with E-state index in [9.17, 15) is 0 Å². The van der Waals surface area contributed by atoms with Crippen molar-refractivity contribution in [2.24, 2.45) is 5.73 Å². The van der Waals surface area contributed by atoms with Gasteiger partial charge in [-0.25, -0.2) is 0 Å². The summed E-state index contributed by atoms with van der Waals surface area (Å²) in [5.74, 6) is 0. The molecule has 1 atom stereocenters. The summed E-state index contributed by atoms with van der Waals surface area (Å²) in [4.78, 5) is 4.62. The second kappa shape index (κ2) is 4.63. The fraction of sp³-hybridized carbons (Fsp3) is 0.357. The lowest BCUT2D eigenvalue weighted by Gasteiger charge is -2.11. The zero-order valence-corrected chi connectivity index (χ0v) is 11.2. The Morgan fingerprint density at radius 1 is 1.29 bits per heavy atom. The van der Waals surface area contributed by atoms with E-state index in [4.69, 9.17) is 17.3 Å². The van der Waals surface area contributed by atoms with Crippen LogP contribution in [0.15, 0.2) is 18.2 Å². The third-order valence-corrected chi connectivity index (χ3v) is 3.05. The van der Waals surface area contributed by atoms with Gasteiger partial charge in [-0.05, 0) is 56.5 Å². The quantitative estimate of drug-likeness (QED) is 0.885. The van der Waals surface area contributed by atoms with Gasteiger partial charge in [-0.2, -0.15) is 0 Å². The molecule has 1 aromatic carbocycles. The molecule has 2 nitrogen and oxygen atoms in total. The maximum absolute atomic E-state index is 6.15. The Hall–Kier alpha value is -1.12. The van der Waals surface area contributed by atoms with Gasteiger partial charge in [0.05, 0.1) is 5.52 Å². The number of aromatic nitrogens is 1. The molecule has 0 amide bonds. The minimum Gasteiger partial charge on any atom is -0.328 e.